The van der Waals surface area contributed by atoms with Gasteiger partial charge >= 0.3 is 0 Å². The number of nitro benzene ring substituents is 1. The number of sulfonamides is 1. The van der Waals surface area contributed by atoms with Crippen molar-refractivity contribution in [3.8, 4) is 0 Å². The van der Waals surface area contributed by atoms with E-state index in [9.17, 15) is 23.3 Å². The molecule has 10 nitrogen and oxygen atoms in total. The standard InChI is InChI=1S/C26H27N5O5S/c1-29(2)15-16-30(3)37(35,36)21-12-9-19(10-13-21)27-25(18-7-5-4-6-8-18)24-22-17-20(31(33)34)11-14-23(22)28-26(24)32/h4-14,17,27H,15-16H2,1-3H3,(H,28,32). The molecule has 0 radical (unpaired) electrons. The highest BCUT2D eigenvalue weighted by molar-refractivity contribution is 7.89. The molecule has 0 saturated heterocycles. The fourth-order valence-corrected chi connectivity index (χ4v) is 5.06. The van der Waals surface area contributed by atoms with E-state index in [0.717, 1.165) is 0 Å². The smallest absolute Gasteiger partial charge is 0.270 e. The van der Waals surface area contributed by atoms with Crippen LogP contribution in [-0.4, -0.2) is 62.7 Å². The third kappa shape index (κ3) is 5.53. The lowest BCUT2D eigenvalue weighted by Gasteiger charge is -2.20. The van der Waals surface area contributed by atoms with Gasteiger partial charge in [0.2, 0.25) is 10.0 Å². The predicted molar refractivity (Wildman–Crippen MR) is 143 cm³/mol. The highest BCUT2D eigenvalue weighted by atomic mass is 32.2. The van der Waals surface area contributed by atoms with Gasteiger partial charge in [0.05, 0.1) is 21.1 Å². The van der Waals surface area contributed by atoms with Crippen LogP contribution in [0.4, 0.5) is 17.1 Å². The monoisotopic (exact) mass is 521 g/mol. The molecule has 2 N–H and O–H groups in total. The quantitative estimate of drug-likeness (QED) is 0.250. The molecular formula is C26H27N5O5S. The van der Waals surface area contributed by atoms with Crippen molar-refractivity contribution >= 4 is 44.3 Å². The zero-order valence-corrected chi connectivity index (χ0v) is 21.5. The van der Waals surface area contributed by atoms with Crippen LogP contribution in [0.5, 0.6) is 0 Å². The fourth-order valence-electron chi connectivity index (χ4n) is 3.90. The summed E-state index contributed by atoms with van der Waals surface area (Å²) < 4.78 is 27.2. The van der Waals surface area contributed by atoms with Gasteiger partial charge in [-0.1, -0.05) is 30.3 Å². The predicted octanol–water partition coefficient (Wildman–Crippen LogP) is 3.71. The maximum Gasteiger partial charge on any atom is 0.270 e. The van der Waals surface area contributed by atoms with Crippen LogP contribution >= 0.6 is 0 Å². The summed E-state index contributed by atoms with van der Waals surface area (Å²) in [6.07, 6.45) is 0. The second-order valence-electron chi connectivity index (χ2n) is 8.84. The van der Waals surface area contributed by atoms with Gasteiger partial charge in [-0.3, -0.25) is 14.9 Å². The minimum atomic E-state index is -3.67. The second-order valence-corrected chi connectivity index (χ2v) is 10.9. The lowest BCUT2D eigenvalue weighted by Crippen LogP contribution is -2.33. The number of fused-ring (bicyclic) bond motifs is 1. The molecule has 37 heavy (non-hydrogen) atoms. The van der Waals surface area contributed by atoms with E-state index in [-0.39, 0.29) is 16.2 Å². The minimum Gasteiger partial charge on any atom is -0.354 e. The number of amides is 1. The van der Waals surface area contributed by atoms with Gasteiger partial charge in [-0.05, 0) is 50.0 Å². The van der Waals surface area contributed by atoms with E-state index in [1.807, 2.05) is 49.3 Å². The molecule has 0 spiro atoms. The summed E-state index contributed by atoms with van der Waals surface area (Å²) in [5.41, 5.74) is 2.68. The Balaban J connectivity index is 1.73. The lowest BCUT2D eigenvalue weighted by atomic mass is 9.99. The Morgan fingerprint density at radius 3 is 2.27 bits per heavy atom. The van der Waals surface area contributed by atoms with Crippen LogP contribution in [0, 0.1) is 10.1 Å². The molecule has 3 aromatic carbocycles. The van der Waals surface area contributed by atoms with Gasteiger partial charge in [0.25, 0.3) is 11.6 Å². The van der Waals surface area contributed by atoms with Crippen LogP contribution in [0.15, 0.2) is 77.7 Å². The summed E-state index contributed by atoms with van der Waals surface area (Å²) in [4.78, 5) is 25.9. The van der Waals surface area contributed by atoms with Gasteiger partial charge in [0.15, 0.2) is 0 Å². The third-order valence-corrected chi connectivity index (χ3v) is 7.84. The Bertz CT molecular complexity index is 1470. The van der Waals surface area contributed by atoms with E-state index in [1.54, 1.807) is 12.1 Å². The molecule has 0 aliphatic carbocycles. The Hall–Kier alpha value is -4.06. The summed E-state index contributed by atoms with van der Waals surface area (Å²) in [7, 11) is 1.62. The summed E-state index contributed by atoms with van der Waals surface area (Å²) >= 11 is 0. The van der Waals surface area contributed by atoms with Gasteiger partial charge < -0.3 is 15.5 Å². The molecule has 4 rings (SSSR count). The number of likely N-dealkylation sites (N-methyl/N-ethyl adjacent to an activating group) is 2. The molecule has 0 fully saturated rings. The molecule has 1 amide bonds. The maximum atomic E-state index is 13.0. The summed E-state index contributed by atoms with van der Waals surface area (Å²) in [5.74, 6) is -0.399. The van der Waals surface area contributed by atoms with E-state index < -0.39 is 20.9 Å². The molecule has 0 bridgehead atoms. The van der Waals surface area contributed by atoms with Crippen molar-refractivity contribution in [2.45, 2.75) is 4.90 Å². The highest BCUT2D eigenvalue weighted by Gasteiger charge is 2.30. The van der Waals surface area contributed by atoms with Crippen LogP contribution in [0.2, 0.25) is 0 Å². The molecule has 0 unspecified atom stereocenters. The Morgan fingerprint density at radius 2 is 1.65 bits per heavy atom. The van der Waals surface area contributed by atoms with Crippen LogP contribution in [0.1, 0.15) is 11.1 Å². The van der Waals surface area contributed by atoms with Crippen molar-refractivity contribution in [3.05, 3.63) is 94.0 Å². The zero-order chi connectivity index (χ0) is 26.7. The lowest BCUT2D eigenvalue weighted by molar-refractivity contribution is -0.384. The van der Waals surface area contributed by atoms with E-state index in [1.165, 1.54) is 41.7 Å². The first-order valence-corrected chi connectivity index (χ1v) is 12.9. The SMILES string of the molecule is CN(C)CCN(C)S(=O)(=O)c1ccc(NC(=C2C(=O)Nc3ccc([N+](=O)[O-])cc32)c2ccccc2)cc1. The molecule has 11 heteroatoms. The number of carbonyl (C=O) groups excluding carboxylic acids is 1. The number of nitrogens with zero attached hydrogens (tertiary/aromatic N) is 3. The van der Waals surface area contributed by atoms with Crippen molar-refractivity contribution in [2.24, 2.45) is 0 Å². The number of non-ortho nitro benzene ring substituents is 1. The van der Waals surface area contributed by atoms with Gasteiger partial charge in [-0.2, -0.15) is 4.31 Å². The minimum absolute atomic E-state index is 0.131. The zero-order valence-electron chi connectivity index (χ0n) is 20.6. The summed E-state index contributed by atoms with van der Waals surface area (Å²) in [6, 6.07) is 19.6. The van der Waals surface area contributed by atoms with Gasteiger partial charge in [0, 0.05) is 49.2 Å². The van der Waals surface area contributed by atoms with Crippen molar-refractivity contribution in [3.63, 3.8) is 0 Å². The number of nitro groups is 1. The first-order valence-electron chi connectivity index (χ1n) is 11.5. The van der Waals surface area contributed by atoms with E-state index >= 15 is 0 Å². The molecule has 192 valence electrons. The topological polar surface area (TPSA) is 125 Å². The van der Waals surface area contributed by atoms with Gasteiger partial charge in [-0.15, -0.1) is 0 Å². The maximum absolute atomic E-state index is 13.0. The second kappa shape index (κ2) is 10.5. The number of rotatable bonds is 9. The van der Waals surface area contributed by atoms with Crippen LogP contribution in [0.25, 0.3) is 11.3 Å². The highest BCUT2D eigenvalue weighted by Crippen LogP contribution is 2.39. The average Bonchev–Trinajstić information content (AvgIpc) is 3.21. The molecule has 0 atom stereocenters. The van der Waals surface area contributed by atoms with Gasteiger partial charge in [0.1, 0.15) is 0 Å². The Morgan fingerprint density at radius 1 is 0.973 bits per heavy atom. The van der Waals surface area contributed by atoms with Crippen LogP contribution in [0.3, 0.4) is 0 Å². The average molecular weight is 522 g/mol. The Kier molecular flexibility index (Phi) is 7.39. The van der Waals surface area contributed by atoms with E-state index in [2.05, 4.69) is 10.6 Å². The van der Waals surface area contributed by atoms with Crippen molar-refractivity contribution in [2.75, 3.05) is 44.9 Å². The number of carbonyl (C=O) groups is 1. The van der Waals surface area contributed by atoms with Crippen molar-refractivity contribution in [1.82, 2.24) is 9.21 Å². The van der Waals surface area contributed by atoms with Crippen molar-refractivity contribution in [1.29, 1.82) is 0 Å². The molecule has 0 aromatic heterocycles. The molecule has 1 aliphatic heterocycles. The van der Waals surface area contributed by atoms with Crippen molar-refractivity contribution < 1.29 is 18.1 Å². The molecule has 1 heterocycles. The summed E-state index contributed by atoms with van der Waals surface area (Å²) in [5, 5.41) is 17.4. The number of nitrogens with one attached hydrogen (secondary N) is 2. The third-order valence-electron chi connectivity index (χ3n) is 5.96. The molecule has 1 aliphatic rings. The number of hydrogen-bond acceptors (Lipinski definition) is 7. The number of benzene rings is 3. The number of anilines is 2. The van der Waals surface area contributed by atoms with E-state index in [4.69, 9.17) is 0 Å². The fraction of sp³-hybridized carbons (Fsp3) is 0.192. The van der Waals surface area contributed by atoms with Crippen LogP contribution < -0.4 is 10.6 Å². The number of hydrogen-bond donors (Lipinski definition) is 2. The molecular weight excluding hydrogens is 494 g/mol. The molecule has 3 aromatic rings. The summed E-state index contributed by atoms with van der Waals surface area (Å²) in [6.45, 7) is 0.936. The first-order chi connectivity index (χ1) is 17.6. The van der Waals surface area contributed by atoms with E-state index in [0.29, 0.717) is 41.3 Å². The van der Waals surface area contributed by atoms with Crippen LogP contribution in [-0.2, 0) is 14.8 Å². The molecule has 0 saturated carbocycles. The normalized spacial score (nSPS) is 14.5. The van der Waals surface area contributed by atoms with Gasteiger partial charge in [-0.25, -0.2) is 8.42 Å². The Labute approximate surface area is 215 Å². The first kappa shape index (κ1) is 26.0. The largest absolute Gasteiger partial charge is 0.354 e.